The smallest absolute Gasteiger partial charge is 0.276 e. The molecule has 0 unspecified atom stereocenters. The van der Waals surface area contributed by atoms with Crippen LogP contribution in [0.4, 0.5) is 0 Å². The fourth-order valence-corrected chi connectivity index (χ4v) is 2.20. The minimum absolute atomic E-state index is 0.172. The van der Waals surface area contributed by atoms with Crippen LogP contribution < -0.4 is 15.6 Å². The van der Waals surface area contributed by atoms with Gasteiger partial charge in [0.15, 0.2) is 6.61 Å². The Morgan fingerprint density at radius 3 is 2.35 bits per heavy atom. The largest absolute Gasteiger partial charge is 0.482 e. The third kappa shape index (κ3) is 5.81. The molecule has 0 saturated heterocycles. The normalized spacial score (nSPS) is 10.0. The maximum absolute atomic E-state index is 11.7. The van der Waals surface area contributed by atoms with Gasteiger partial charge in [-0.2, -0.15) is 0 Å². The highest BCUT2D eigenvalue weighted by Crippen LogP contribution is 2.27. The van der Waals surface area contributed by atoms with Crippen molar-refractivity contribution in [3.05, 3.63) is 64.1 Å². The summed E-state index contributed by atoms with van der Waals surface area (Å²) in [7, 11) is 0. The first-order valence-corrected chi connectivity index (χ1v) is 7.49. The monoisotopic (exact) mass is 352 g/mol. The van der Waals surface area contributed by atoms with Crippen LogP contribution in [-0.2, 0) is 16.0 Å². The van der Waals surface area contributed by atoms with Crippen molar-refractivity contribution in [3.8, 4) is 5.75 Å². The molecule has 0 aliphatic rings. The highest BCUT2D eigenvalue weighted by molar-refractivity contribution is 6.35. The summed E-state index contributed by atoms with van der Waals surface area (Å²) in [5, 5.41) is 0.776. The molecule has 0 radical (unpaired) electrons. The number of benzene rings is 2. The minimum Gasteiger partial charge on any atom is -0.482 e. The Bertz CT molecular complexity index is 693. The molecule has 2 rings (SSSR count). The first-order chi connectivity index (χ1) is 11.0. The Morgan fingerprint density at radius 1 is 0.957 bits per heavy atom. The van der Waals surface area contributed by atoms with Crippen LogP contribution in [0.15, 0.2) is 48.5 Å². The maximum Gasteiger partial charge on any atom is 0.276 e. The zero-order valence-electron chi connectivity index (χ0n) is 12.0. The number of rotatable bonds is 5. The van der Waals surface area contributed by atoms with E-state index in [-0.39, 0.29) is 18.9 Å². The molecular formula is C16H14Cl2N2O3. The van der Waals surface area contributed by atoms with Gasteiger partial charge in [-0.25, -0.2) is 0 Å². The fourth-order valence-electron chi connectivity index (χ4n) is 1.74. The van der Waals surface area contributed by atoms with E-state index in [1.165, 1.54) is 6.07 Å². The fraction of sp³-hybridized carbons (Fsp3) is 0.125. The molecule has 2 aromatic carbocycles. The second-order valence-electron chi connectivity index (χ2n) is 4.62. The molecule has 120 valence electrons. The lowest BCUT2D eigenvalue weighted by molar-refractivity contribution is -0.129. The zero-order chi connectivity index (χ0) is 16.7. The van der Waals surface area contributed by atoms with Gasteiger partial charge in [0.05, 0.1) is 11.4 Å². The lowest BCUT2D eigenvalue weighted by atomic mass is 10.1. The molecule has 0 saturated carbocycles. The summed E-state index contributed by atoms with van der Waals surface area (Å²) < 4.78 is 5.25. The zero-order valence-corrected chi connectivity index (χ0v) is 13.5. The van der Waals surface area contributed by atoms with Gasteiger partial charge in [-0.1, -0.05) is 53.5 Å². The summed E-state index contributed by atoms with van der Waals surface area (Å²) in [5.74, 6) is -0.492. The van der Waals surface area contributed by atoms with Crippen LogP contribution in [-0.4, -0.2) is 18.4 Å². The van der Waals surface area contributed by atoms with Gasteiger partial charge in [0.25, 0.3) is 5.91 Å². The van der Waals surface area contributed by atoms with Gasteiger partial charge in [-0.05, 0) is 23.8 Å². The lowest BCUT2D eigenvalue weighted by Gasteiger charge is -2.10. The molecule has 0 fully saturated rings. The number of carbonyl (C=O) groups is 2. The number of nitrogens with one attached hydrogen (secondary N) is 2. The third-order valence-corrected chi connectivity index (χ3v) is 3.33. The van der Waals surface area contributed by atoms with Crippen molar-refractivity contribution in [1.82, 2.24) is 10.9 Å². The minimum atomic E-state index is -0.502. The molecule has 2 amide bonds. The van der Waals surface area contributed by atoms with Gasteiger partial charge in [0, 0.05) is 5.02 Å². The van der Waals surface area contributed by atoms with Gasteiger partial charge >= 0.3 is 0 Å². The standard InChI is InChI=1S/C16H14Cl2N2O3/c17-12-6-7-14(13(18)9-12)23-10-16(22)20-19-15(21)8-11-4-2-1-3-5-11/h1-7,9H,8,10H2,(H,19,21)(H,20,22). The summed E-state index contributed by atoms with van der Waals surface area (Å²) >= 11 is 11.7. The predicted molar refractivity (Wildman–Crippen MR) is 88.4 cm³/mol. The van der Waals surface area contributed by atoms with Gasteiger partial charge in [-0.15, -0.1) is 0 Å². The van der Waals surface area contributed by atoms with Crippen LogP contribution in [0.5, 0.6) is 5.75 Å². The number of amides is 2. The Morgan fingerprint density at radius 2 is 1.65 bits per heavy atom. The van der Waals surface area contributed by atoms with Crippen LogP contribution in [0.1, 0.15) is 5.56 Å². The van der Waals surface area contributed by atoms with Crippen LogP contribution in [0, 0.1) is 0 Å². The molecule has 0 bridgehead atoms. The number of hydrogen-bond donors (Lipinski definition) is 2. The highest BCUT2D eigenvalue weighted by Gasteiger charge is 2.08. The van der Waals surface area contributed by atoms with Crippen molar-refractivity contribution in [2.45, 2.75) is 6.42 Å². The van der Waals surface area contributed by atoms with Crippen molar-refractivity contribution in [3.63, 3.8) is 0 Å². The molecule has 7 heteroatoms. The van der Waals surface area contributed by atoms with Gasteiger partial charge in [0.1, 0.15) is 5.75 Å². The average molecular weight is 353 g/mol. The molecule has 2 N–H and O–H groups in total. The Labute approximate surface area is 143 Å². The van der Waals surface area contributed by atoms with E-state index in [2.05, 4.69) is 10.9 Å². The molecule has 23 heavy (non-hydrogen) atoms. The summed E-state index contributed by atoms with van der Waals surface area (Å²) in [5.41, 5.74) is 5.44. The van der Waals surface area contributed by atoms with Crippen molar-refractivity contribution in [2.24, 2.45) is 0 Å². The average Bonchev–Trinajstić information content (AvgIpc) is 2.53. The first-order valence-electron chi connectivity index (χ1n) is 6.74. The highest BCUT2D eigenvalue weighted by atomic mass is 35.5. The summed E-state index contributed by atoms with van der Waals surface area (Å²) in [6, 6.07) is 13.9. The van der Waals surface area contributed by atoms with Crippen molar-refractivity contribution in [1.29, 1.82) is 0 Å². The molecule has 2 aromatic rings. The number of carbonyl (C=O) groups excluding carboxylic acids is 2. The summed E-state index contributed by atoms with van der Waals surface area (Å²) in [6.07, 6.45) is 0.172. The molecule has 0 aliphatic heterocycles. The summed E-state index contributed by atoms with van der Waals surface area (Å²) in [4.78, 5) is 23.3. The van der Waals surface area contributed by atoms with Gasteiger partial charge in [-0.3, -0.25) is 20.4 Å². The molecule has 0 spiro atoms. The van der Waals surface area contributed by atoms with E-state index < -0.39 is 5.91 Å². The topological polar surface area (TPSA) is 67.4 Å². The van der Waals surface area contributed by atoms with E-state index in [0.29, 0.717) is 15.8 Å². The lowest BCUT2D eigenvalue weighted by Crippen LogP contribution is -2.44. The van der Waals surface area contributed by atoms with Crippen molar-refractivity contribution < 1.29 is 14.3 Å². The van der Waals surface area contributed by atoms with E-state index >= 15 is 0 Å². The number of halogens is 2. The molecule has 0 aliphatic carbocycles. The molecule has 0 heterocycles. The second-order valence-corrected chi connectivity index (χ2v) is 5.47. The third-order valence-electron chi connectivity index (χ3n) is 2.80. The molecular weight excluding hydrogens is 339 g/mol. The van der Waals surface area contributed by atoms with Crippen LogP contribution in [0.25, 0.3) is 0 Å². The second kappa shape index (κ2) is 8.41. The Hall–Kier alpha value is -2.24. The van der Waals surface area contributed by atoms with Crippen LogP contribution in [0.3, 0.4) is 0 Å². The number of hydrazine groups is 1. The molecule has 5 nitrogen and oxygen atoms in total. The summed E-state index contributed by atoms with van der Waals surface area (Å²) in [6.45, 7) is -0.285. The quantitative estimate of drug-likeness (QED) is 0.813. The van der Waals surface area contributed by atoms with E-state index in [1.807, 2.05) is 30.3 Å². The Kier molecular flexibility index (Phi) is 6.26. The maximum atomic E-state index is 11.7. The number of hydrogen-bond acceptors (Lipinski definition) is 3. The SMILES string of the molecule is O=C(COc1ccc(Cl)cc1Cl)NNC(=O)Cc1ccccc1. The van der Waals surface area contributed by atoms with Crippen molar-refractivity contribution in [2.75, 3.05) is 6.61 Å². The van der Waals surface area contributed by atoms with E-state index in [9.17, 15) is 9.59 Å². The van der Waals surface area contributed by atoms with Crippen LogP contribution in [0.2, 0.25) is 10.0 Å². The van der Waals surface area contributed by atoms with E-state index in [4.69, 9.17) is 27.9 Å². The van der Waals surface area contributed by atoms with E-state index in [1.54, 1.807) is 12.1 Å². The molecule has 0 aromatic heterocycles. The van der Waals surface area contributed by atoms with Crippen molar-refractivity contribution >= 4 is 35.0 Å². The Balaban J connectivity index is 1.73. The van der Waals surface area contributed by atoms with Gasteiger partial charge < -0.3 is 4.74 Å². The molecule has 0 atom stereocenters. The van der Waals surface area contributed by atoms with Gasteiger partial charge in [0.2, 0.25) is 5.91 Å². The first kappa shape index (κ1) is 17.1. The number of ether oxygens (including phenoxy) is 1. The van der Waals surface area contributed by atoms with Crippen LogP contribution >= 0.6 is 23.2 Å². The van der Waals surface area contributed by atoms with E-state index in [0.717, 1.165) is 5.56 Å². The predicted octanol–water partition coefficient (Wildman–Crippen LogP) is 2.76.